The molecule has 1 atom stereocenters. The first kappa shape index (κ1) is 17.4. The SMILES string of the molecule is O=C1Nc2cc(Cl)ccc2S[C@H]1CC(=O)N(Cc1cccnc1)C1CC1. The maximum absolute atomic E-state index is 12.9. The van der Waals surface area contributed by atoms with Crippen molar-refractivity contribution in [2.45, 2.75) is 42.0 Å². The van der Waals surface area contributed by atoms with Gasteiger partial charge in [-0.3, -0.25) is 14.6 Å². The molecular formula is C19H18ClN3O2S. The van der Waals surface area contributed by atoms with Crippen molar-refractivity contribution in [2.75, 3.05) is 5.32 Å². The molecule has 5 nitrogen and oxygen atoms in total. The Morgan fingerprint density at radius 1 is 1.35 bits per heavy atom. The van der Waals surface area contributed by atoms with Crippen LogP contribution in [0.4, 0.5) is 5.69 Å². The number of carbonyl (C=O) groups excluding carboxylic acids is 2. The first-order valence-corrected chi connectivity index (χ1v) is 9.81. The van der Waals surface area contributed by atoms with E-state index >= 15 is 0 Å². The lowest BCUT2D eigenvalue weighted by atomic mass is 10.2. The third-order valence-electron chi connectivity index (χ3n) is 4.50. The summed E-state index contributed by atoms with van der Waals surface area (Å²) in [4.78, 5) is 32.3. The first-order chi connectivity index (χ1) is 12.6. The molecule has 1 fully saturated rings. The molecule has 0 radical (unpaired) electrons. The molecule has 1 aromatic carbocycles. The van der Waals surface area contributed by atoms with E-state index in [9.17, 15) is 9.59 Å². The topological polar surface area (TPSA) is 62.3 Å². The van der Waals surface area contributed by atoms with Crippen molar-refractivity contribution >= 4 is 40.9 Å². The number of benzene rings is 1. The molecule has 1 saturated carbocycles. The molecule has 0 spiro atoms. The van der Waals surface area contributed by atoms with Crippen molar-refractivity contribution < 1.29 is 9.59 Å². The average molecular weight is 388 g/mol. The minimum absolute atomic E-state index is 0.0152. The third kappa shape index (κ3) is 3.86. The van der Waals surface area contributed by atoms with Crippen LogP contribution < -0.4 is 5.32 Å². The normalized spacial score (nSPS) is 18.8. The molecule has 1 N–H and O–H groups in total. The van der Waals surface area contributed by atoms with Gasteiger partial charge in [0.25, 0.3) is 0 Å². The van der Waals surface area contributed by atoms with Crippen molar-refractivity contribution in [3.63, 3.8) is 0 Å². The summed E-state index contributed by atoms with van der Waals surface area (Å²) in [7, 11) is 0. The maximum Gasteiger partial charge on any atom is 0.238 e. The highest BCUT2D eigenvalue weighted by molar-refractivity contribution is 8.01. The third-order valence-corrected chi connectivity index (χ3v) is 6.02. The Balaban J connectivity index is 1.46. The van der Waals surface area contributed by atoms with Gasteiger partial charge in [-0.15, -0.1) is 11.8 Å². The summed E-state index contributed by atoms with van der Waals surface area (Å²) >= 11 is 7.41. The number of halogens is 1. The Hall–Kier alpha value is -2.05. The zero-order valence-electron chi connectivity index (χ0n) is 14.0. The first-order valence-electron chi connectivity index (χ1n) is 8.55. The molecule has 1 aliphatic carbocycles. The van der Waals surface area contributed by atoms with Crippen LogP contribution in [0.3, 0.4) is 0 Å². The summed E-state index contributed by atoms with van der Waals surface area (Å²) in [5, 5.41) is 3.02. The van der Waals surface area contributed by atoms with Gasteiger partial charge >= 0.3 is 0 Å². The Kier molecular flexibility index (Phi) is 4.87. The van der Waals surface area contributed by atoms with E-state index in [0.717, 1.165) is 23.3 Å². The summed E-state index contributed by atoms with van der Waals surface area (Å²) in [6, 6.07) is 9.54. The molecule has 2 amide bonds. The average Bonchev–Trinajstić information content (AvgIpc) is 3.46. The van der Waals surface area contributed by atoms with Crippen molar-refractivity contribution in [1.29, 1.82) is 0 Å². The van der Waals surface area contributed by atoms with Crippen LogP contribution in [0.25, 0.3) is 0 Å². The Bertz CT molecular complexity index is 842. The second-order valence-corrected chi connectivity index (χ2v) is 8.24. The Labute approximate surface area is 161 Å². The number of carbonyl (C=O) groups is 2. The monoisotopic (exact) mass is 387 g/mol. The van der Waals surface area contributed by atoms with Crippen LogP contribution >= 0.6 is 23.4 Å². The van der Waals surface area contributed by atoms with E-state index in [4.69, 9.17) is 11.6 Å². The largest absolute Gasteiger partial charge is 0.335 e. The number of nitrogens with zero attached hydrogens (tertiary/aromatic N) is 2. The molecule has 4 rings (SSSR count). The van der Waals surface area contributed by atoms with Crippen molar-refractivity contribution in [3.8, 4) is 0 Å². The quantitative estimate of drug-likeness (QED) is 0.849. The lowest BCUT2D eigenvalue weighted by Crippen LogP contribution is -2.38. The van der Waals surface area contributed by atoms with Crippen LogP contribution in [0.15, 0.2) is 47.6 Å². The van der Waals surface area contributed by atoms with Crippen molar-refractivity contribution in [2.24, 2.45) is 0 Å². The summed E-state index contributed by atoms with van der Waals surface area (Å²) in [5.74, 6) is -0.128. The standard InChI is InChI=1S/C19H18ClN3O2S/c20-13-3-6-16-15(8-13)22-19(25)17(26-16)9-18(24)23(14-4-5-14)11-12-2-1-7-21-10-12/h1-3,6-8,10,14,17H,4-5,9,11H2,(H,22,25)/t17-/m0/s1. The van der Waals surface area contributed by atoms with Crippen molar-refractivity contribution in [3.05, 3.63) is 53.3 Å². The molecule has 2 aliphatic rings. The van der Waals surface area contributed by atoms with Crippen LogP contribution in [-0.4, -0.2) is 33.0 Å². The molecule has 1 aliphatic heterocycles. The van der Waals surface area contributed by atoms with E-state index < -0.39 is 5.25 Å². The summed E-state index contributed by atoms with van der Waals surface area (Å²) in [6.45, 7) is 0.544. The van der Waals surface area contributed by atoms with Crippen LogP contribution in [0.1, 0.15) is 24.8 Å². The van der Waals surface area contributed by atoms with Gasteiger partial charge in [0.2, 0.25) is 11.8 Å². The number of rotatable bonds is 5. The summed E-state index contributed by atoms with van der Waals surface area (Å²) < 4.78 is 0. The number of aromatic nitrogens is 1. The van der Waals surface area contributed by atoms with E-state index in [1.807, 2.05) is 23.1 Å². The fourth-order valence-electron chi connectivity index (χ4n) is 3.03. The summed E-state index contributed by atoms with van der Waals surface area (Å²) in [5.41, 5.74) is 1.72. The van der Waals surface area contributed by atoms with Gasteiger partial charge in [-0.25, -0.2) is 0 Å². The van der Waals surface area contributed by atoms with Crippen LogP contribution in [0, 0.1) is 0 Å². The van der Waals surface area contributed by atoms with Gasteiger partial charge < -0.3 is 10.2 Å². The minimum atomic E-state index is -0.425. The molecular weight excluding hydrogens is 370 g/mol. The van der Waals surface area contributed by atoms with E-state index in [0.29, 0.717) is 17.3 Å². The smallest absolute Gasteiger partial charge is 0.238 e. The van der Waals surface area contributed by atoms with E-state index in [2.05, 4.69) is 10.3 Å². The van der Waals surface area contributed by atoms with Gasteiger partial charge in [-0.05, 0) is 42.7 Å². The number of hydrogen-bond acceptors (Lipinski definition) is 4. The second-order valence-electron chi connectivity index (χ2n) is 6.55. The highest BCUT2D eigenvalue weighted by Gasteiger charge is 2.36. The molecule has 0 unspecified atom stereocenters. The molecule has 134 valence electrons. The Morgan fingerprint density at radius 3 is 2.92 bits per heavy atom. The molecule has 0 saturated heterocycles. The van der Waals surface area contributed by atoms with E-state index in [1.54, 1.807) is 24.5 Å². The highest BCUT2D eigenvalue weighted by atomic mass is 35.5. The number of hydrogen-bond donors (Lipinski definition) is 1. The Morgan fingerprint density at radius 2 is 2.19 bits per heavy atom. The minimum Gasteiger partial charge on any atom is -0.335 e. The molecule has 7 heteroatoms. The van der Waals surface area contributed by atoms with Gasteiger partial charge in [-0.2, -0.15) is 0 Å². The number of amides is 2. The van der Waals surface area contributed by atoms with Gasteiger partial charge in [0.15, 0.2) is 0 Å². The number of thioether (sulfide) groups is 1. The zero-order chi connectivity index (χ0) is 18.1. The predicted molar refractivity (Wildman–Crippen MR) is 102 cm³/mol. The van der Waals surface area contributed by atoms with Gasteiger partial charge in [0, 0.05) is 41.3 Å². The highest BCUT2D eigenvalue weighted by Crippen LogP contribution is 2.39. The molecule has 2 aromatic rings. The lowest BCUT2D eigenvalue weighted by Gasteiger charge is -2.27. The number of nitrogens with one attached hydrogen (secondary N) is 1. The molecule has 26 heavy (non-hydrogen) atoms. The number of anilines is 1. The summed E-state index contributed by atoms with van der Waals surface area (Å²) in [6.07, 6.45) is 5.74. The maximum atomic E-state index is 12.9. The molecule has 2 heterocycles. The molecule has 0 bridgehead atoms. The van der Waals surface area contributed by atoms with Crippen LogP contribution in [-0.2, 0) is 16.1 Å². The van der Waals surface area contributed by atoms with Crippen LogP contribution in [0.5, 0.6) is 0 Å². The zero-order valence-corrected chi connectivity index (χ0v) is 15.6. The number of pyridine rings is 1. The van der Waals surface area contributed by atoms with Crippen LogP contribution in [0.2, 0.25) is 5.02 Å². The van der Waals surface area contributed by atoms with E-state index in [1.165, 1.54) is 11.8 Å². The van der Waals surface area contributed by atoms with Crippen molar-refractivity contribution in [1.82, 2.24) is 9.88 Å². The predicted octanol–water partition coefficient (Wildman–Crippen LogP) is 3.73. The van der Waals surface area contributed by atoms with Gasteiger partial charge in [0.05, 0.1) is 10.9 Å². The second kappa shape index (κ2) is 7.29. The van der Waals surface area contributed by atoms with E-state index in [-0.39, 0.29) is 24.3 Å². The lowest BCUT2D eigenvalue weighted by molar-refractivity contribution is -0.133. The fourth-order valence-corrected chi connectivity index (χ4v) is 4.28. The molecule has 1 aromatic heterocycles. The number of fused-ring (bicyclic) bond motifs is 1. The fraction of sp³-hybridized carbons (Fsp3) is 0.316. The van der Waals surface area contributed by atoms with Gasteiger partial charge in [-0.1, -0.05) is 17.7 Å². The van der Waals surface area contributed by atoms with Gasteiger partial charge in [0.1, 0.15) is 0 Å².